The number of hydrogen-bond acceptors (Lipinski definition) is 11. The van der Waals surface area contributed by atoms with Crippen molar-refractivity contribution in [1.82, 2.24) is 41.4 Å². The summed E-state index contributed by atoms with van der Waals surface area (Å²) in [7, 11) is 0. The zero-order chi connectivity index (χ0) is 46.4. The zero-order valence-corrected chi connectivity index (χ0v) is 36.0. The minimum absolute atomic E-state index is 0.108. The van der Waals surface area contributed by atoms with Crippen molar-refractivity contribution < 1.29 is 53.4 Å². The van der Waals surface area contributed by atoms with Crippen molar-refractivity contribution in [3.05, 3.63) is 36.0 Å². The van der Waals surface area contributed by atoms with Gasteiger partial charge in [-0.25, -0.2) is 0 Å². The van der Waals surface area contributed by atoms with E-state index in [0.29, 0.717) is 57.2 Å². The first-order valence-corrected chi connectivity index (χ1v) is 21.5. The highest BCUT2D eigenvalue weighted by Gasteiger charge is 2.41. The van der Waals surface area contributed by atoms with Crippen molar-refractivity contribution in [1.29, 1.82) is 0 Å². The summed E-state index contributed by atoms with van der Waals surface area (Å²) in [6.45, 7) is 5.09. The first-order chi connectivity index (χ1) is 30.0. The van der Waals surface area contributed by atoms with E-state index in [4.69, 9.17) is 11.5 Å². The summed E-state index contributed by atoms with van der Waals surface area (Å²) >= 11 is 0. The molecule has 2 aliphatic rings. The molecule has 21 nitrogen and oxygen atoms in total. The summed E-state index contributed by atoms with van der Waals surface area (Å²) in [4.78, 5) is 124. The van der Waals surface area contributed by atoms with Gasteiger partial charge in [-0.2, -0.15) is 0 Å². The number of carboxylic acid groups (broad SMARTS) is 2. The third kappa shape index (κ3) is 13.5. The number of likely N-dealkylation sites (tertiary alicyclic amines) is 2. The summed E-state index contributed by atoms with van der Waals surface area (Å²) < 4.78 is 0. The van der Waals surface area contributed by atoms with Crippen LogP contribution in [0.5, 0.6) is 0 Å². The van der Waals surface area contributed by atoms with Gasteiger partial charge in [0.2, 0.25) is 41.4 Å². The molecule has 2 aromatic rings. The Labute approximate surface area is 365 Å². The molecule has 0 aliphatic carbocycles. The number of carbonyl (C=O) groups excluding carboxylic acids is 7. The second-order valence-electron chi connectivity index (χ2n) is 16.3. The number of unbranched alkanes of at least 4 members (excludes halogenated alkanes) is 1. The number of aliphatic carboxylic acids is 2. The van der Waals surface area contributed by atoms with Crippen molar-refractivity contribution >= 4 is 64.2 Å². The summed E-state index contributed by atoms with van der Waals surface area (Å²) in [5.41, 5.74) is 13.2. The van der Waals surface area contributed by atoms with Crippen LogP contribution >= 0.6 is 0 Å². The van der Waals surface area contributed by atoms with Gasteiger partial charge in [0, 0.05) is 36.6 Å². The number of nitrogens with two attached hydrogens (primary N) is 2. The lowest BCUT2D eigenvalue weighted by molar-refractivity contribution is -0.144. The van der Waals surface area contributed by atoms with Gasteiger partial charge in [-0.3, -0.25) is 43.2 Å². The second kappa shape index (κ2) is 23.4. The summed E-state index contributed by atoms with van der Waals surface area (Å²) in [5, 5.41) is 32.2. The summed E-state index contributed by atoms with van der Waals surface area (Å²) in [6.07, 6.45) is 3.99. The Morgan fingerprint density at radius 3 is 2.06 bits per heavy atom. The minimum Gasteiger partial charge on any atom is -0.481 e. The first kappa shape index (κ1) is 49.6. The lowest BCUT2D eigenvalue weighted by Crippen LogP contribution is -2.59. The molecule has 2 saturated heterocycles. The molecule has 1 aromatic carbocycles. The van der Waals surface area contributed by atoms with Crippen molar-refractivity contribution in [2.24, 2.45) is 17.4 Å². The Kier molecular flexibility index (Phi) is 18.4. The van der Waals surface area contributed by atoms with Gasteiger partial charge in [0.25, 0.3) is 0 Å². The number of aromatic amines is 1. The molecule has 0 bridgehead atoms. The number of amides is 7. The quantitative estimate of drug-likeness (QED) is 0.0589. The molecule has 346 valence electrons. The minimum atomic E-state index is -1.73. The monoisotopic (exact) mass is 882 g/mol. The van der Waals surface area contributed by atoms with Crippen LogP contribution in [0.4, 0.5) is 0 Å². The predicted molar refractivity (Wildman–Crippen MR) is 228 cm³/mol. The fourth-order valence-electron chi connectivity index (χ4n) is 7.81. The number of nitrogens with zero attached hydrogens (tertiary/aromatic N) is 2. The van der Waals surface area contributed by atoms with Gasteiger partial charge in [0.1, 0.15) is 36.3 Å². The van der Waals surface area contributed by atoms with Crippen LogP contribution in [0.1, 0.15) is 84.1 Å². The van der Waals surface area contributed by atoms with Gasteiger partial charge >= 0.3 is 11.9 Å². The highest BCUT2D eigenvalue weighted by Crippen LogP contribution is 2.24. The SMILES string of the molecule is CCC(C)C(N)C(=O)N1CCCC1C(=O)NC(CCCCN)C(=O)NCC(=O)NC(CC(=O)O)C(=O)NC(Cc1c[nH]c2ccccc12)C(=O)N1CCCC1C(=O)NC(C)C(=O)O. The maximum absolute atomic E-state index is 14.3. The predicted octanol–water partition coefficient (Wildman–Crippen LogP) is -1.17. The number of aromatic nitrogens is 1. The highest BCUT2D eigenvalue weighted by atomic mass is 16.4. The average molecular weight is 883 g/mol. The number of benzene rings is 1. The van der Waals surface area contributed by atoms with Gasteiger partial charge < -0.3 is 63.0 Å². The molecule has 0 spiro atoms. The van der Waals surface area contributed by atoms with Gasteiger partial charge in [0.05, 0.1) is 19.0 Å². The van der Waals surface area contributed by atoms with Crippen LogP contribution in [0.2, 0.25) is 0 Å². The maximum Gasteiger partial charge on any atom is 0.325 e. The normalized spacial score (nSPS) is 18.9. The molecule has 7 amide bonds. The fourth-order valence-corrected chi connectivity index (χ4v) is 7.81. The van der Waals surface area contributed by atoms with Gasteiger partial charge in [-0.05, 0) is 76.0 Å². The number of carbonyl (C=O) groups is 9. The van der Waals surface area contributed by atoms with Crippen molar-refractivity contribution in [3.63, 3.8) is 0 Å². The molecule has 1 aromatic heterocycles. The Bertz CT molecular complexity index is 1990. The largest absolute Gasteiger partial charge is 0.481 e. The Morgan fingerprint density at radius 2 is 1.44 bits per heavy atom. The Hall–Kier alpha value is -6.09. The van der Waals surface area contributed by atoms with Crippen molar-refractivity contribution in [3.8, 4) is 0 Å². The van der Waals surface area contributed by atoms with E-state index in [2.05, 4.69) is 31.6 Å². The topological polar surface area (TPSA) is 329 Å². The van der Waals surface area contributed by atoms with Crippen LogP contribution in [0.15, 0.2) is 30.5 Å². The molecule has 12 N–H and O–H groups in total. The number of hydrogen-bond donors (Lipinski definition) is 10. The molecular formula is C42H62N10O11. The number of para-hydroxylation sites is 1. The molecule has 0 radical (unpaired) electrons. The number of nitrogens with one attached hydrogen (secondary N) is 6. The van der Waals surface area contributed by atoms with E-state index in [0.717, 1.165) is 10.9 Å². The van der Waals surface area contributed by atoms with E-state index in [1.54, 1.807) is 24.4 Å². The molecule has 8 atom stereocenters. The number of H-pyrrole nitrogens is 1. The van der Waals surface area contributed by atoms with Crippen LogP contribution in [-0.4, -0.2) is 147 Å². The van der Waals surface area contributed by atoms with E-state index in [1.165, 1.54) is 16.7 Å². The first-order valence-electron chi connectivity index (χ1n) is 21.5. The van der Waals surface area contributed by atoms with Crippen LogP contribution in [0.3, 0.4) is 0 Å². The molecule has 3 heterocycles. The smallest absolute Gasteiger partial charge is 0.325 e. The van der Waals surface area contributed by atoms with Gasteiger partial charge in [-0.1, -0.05) is 38.5 Å². The van der Waals surface area contributed by atoms with E-state index in [1.807, 2.05) is 19.9 Å². The van der Waals surface area contributed by atoms with E-state index >= 15 is 0 Å². The Balaban J connectivity index is 1.47. The highest BCUT2D eigenvalue weighted by molar-refractivity contribution is 5.98. The Morgan fingerprint density at radius 1 is 0.810 bits per heavy atom. The fraction of sp³-hybridized carbons (Fsp3) is 0.595. The molecular weight excluding hydrogens is 821 g/mol. The lowest BCUT2D eigenvalue weighted by Gasteiger charge is -2.30. The molecule has 8 unspecified atom stereocenters. The average Bonchev–Trinajstić information content (AvgIpc) is 4.04. The number of rotatable bonds is 23. The van der Waals surface area contributed by atoms with E-state index in [9.17, 15) is 53.4 Å². The van der Waals surface area contributed by atoms with Crippen LogP contribution in [-0.2, 0) is 49.6 Å². The third-order valence-electron chi connectivity index (χ3n) is 11.7. The third-order valence-corrected chi connectivity index (χ3v) is 11.7. The van der Waals surface area contributed by atoms with Crippen LogP contribution in [0, 0.1) is 5.92 Å². The molecule has 0 saturated carbocycles. The van der Waals surface area contributed by atoms with Crippen molar-refractivity contribution in [2.45, 2.75) is 127 Å². The van der Waals surface area contributed by atoms with E-state index in [-0.39, 0.29) is 37.6 Å². The molecule has 4 rings (SSSR count). The summed E-state index contributed by atoms with van der Waals surface area (Å²) in [5.74, 6) is -7.87. The van der Waals surface area contributed by atoms with Gasteiger partial charge in [-0.15, -0.1) is 0 Å². The number of carboxylic acids is 2. The molecule has 2 fully saturated rings. The molecule has 63 heavy (non-hydrogen) atoms. The maximum atomic E-state index is 14.3. The van der Waals surface area contributed by atoms with E-state index < -0.39 is 103 Å². The van der Waals surface area contributed by atoms with Crippen molar-refractivity contribution in [2.75, 3.05) is 26.2 Å². The van der Waals surface area contributed by atoms with Crippen LogP contribution in [0.25, 0.3) is 10.9 Å². The van der Waals surface area contributed by atoms with Gasteiger partial charge in [0.15, 0.2) is 0 Å². The molecule has 21 heteroatoms. The molecule has 2 aliphatic heterocycles. The zero-order valence-electron chi connectivity index (χ0n) is 36.0. The standard InChI is InChI=1S/C42H62N10O11/c1-4-23(2)35(44)41(61)52-18-10-15-32(52)39(59)49-28(13-7-8-16-43)36(56)46-22-33(53)48-29(20-34(54)55)37(57)50-30(19-25-21-45-27-12-6-5-11-26(25)27)40(60)51-17-9-14-31(51)38(58)47-24(3)42(62)63/h5-6,11-12,21,23-24,28-32,35,45H,4,7-10,13-20,22,43-44H2,1-3H3,(H,46,56)(H,47,58)(H,48,53)(H,49,59)(H,50,57)(H,54,55)(H,62,63). The number of fused-ring (bicyclic) bond motifs is 1. The lowest BCUT2D eigenvalue weighted by atomic mass is 9.98. The van der Waals surface area contributed by atoms with Crippen LogP contribution < -0.4 is 38.1 Å². The summed E-state index contributed by atoms with van der Waals surface area (Å²) in [6, 6.07) is -0.960. The second-order valence-corrected chi connectivity index (χ2v) is 16.3.